The Hall–Kier alpha value is -2.92. The number of anilines is 1. The lowest BCUT2D eigenvalue weighted by molar-refractivity contribution is 0.0983. The lowest BCUT2D eigenvalue weighted by atomic mass is 10.2. The lowest BCUT2D eigenvalue weighted by Crippen LogP contribution is -2.30. The van der Waals surface area contributed by atoms with E-state index < -0.39 is 10.0 Å². The molecule has 0 bridgehead atoms. The monoisotopic (exact) mass is 531 g/mol. The second-order valence-electron chi connectivity index (χ2n) is 8.03. The molecule has 8 nitrogen and oxygen atoms in total. The largest absolute Gasteiger partial charge is 0.494 e. The molecule has 11 heteroatoms. The Balaban J connectivity index is 1.51. The number of methoxy groups -OCH3 is 1. The van der Waals surface area contributed by atoms with Crippen LogP contribution < -0.4 is 9.64 Å². The van der Waals surface area contributed by atoms with Crippen LogP contribution in [0.1, 0.15) is 29.0 Å². The van der Waals surface area contributed by atoms with Crippen LogP contribution in [0, 0.1) is 0 Å². The molecule has 1 aliphatic rings. The summed E-state index contributed by atoms with van der Waals surface area (Å²) >= 11 is 7.66. The molecule has 0 atom stereocenters. The number of hydrogen-bond donors (Lipinski definition) is 0. The summed E-state index contributed by atoms with van der Waals surface area (Å²) in [6, 6.07) is 13.0. The summed E-state index contributed by atoms with van der Waals surface area (Å²) in [4.78, 5) is 19.9. The van der Waals surface area contributed by atoms with Gasteiger partial charge in [0.05, 0.1) is 34.5 Å². The first-order valence-corrected chi connectivity index (χ1v) is 13.6. The van der Waals surface area contributed by atoms with Crippen LogP contribution in [-0.4, -0.2) is 43.8 Å². The van der Waals surface area contributed by atoms with Gasteiger partial charge in [-0.2, -0.15) is 4.31 Å². The quantitative estimate of drug-likeness (QED) is 0.326. The smallest absolute Gasteiger partial charge is 0.260 e. The van der Waals surface area contributed by atoms with Crippen molar-refractivity contribution in [3.63, 3.8) is 0 Å². The van der Waals surface area contributed by atoms with Crippen LogP contribution in [0.3, 0.4) is 0 Å². The Morgan fingerprint density at radius 3 is 2.57 bits per heavy atom. The van der Waals surface area contributed by atoms with Crippen LogP contribution >= 0.6 is 22.9 Å². The fourth-order valence-electron chi connectivity index (χ4n) is 4.01. The maximum absolute atomic E-state index is 13.6. The molecular formula is C24H22ClN3O5S2. The number of nitrogens with zero attached hydrogens (tertiary/aromatic N) is 3. The van der Waals surface area contributed by atoms with Crippen LogP contribution in [0.2, 0.25) is 5.02 Å². The fraction of sp³-hybridized carbons (Fsp3) is 0.250. The average Bonchev–Trinajstić information content (AvgIpc) is 3.64. The zero-order valence-electron chi connectivity index (χ0n) is 18.8. The summed E-state index contributed by atoms with van der Waals surface area (Å²) in [5.41, 5.74) is 0.888. The van der Waals surface area contributed by atoms with E-state index in [1.807, 2.05) is 0 Å². The van der Waals surface area contributed by atoms with E-state index in [0.717, 1.165) is 12.8 Å². The molecule has 1 amide bonds. The highest BCUT2D eigenvalue weighted by Gasteiger charge is 2.28. The van der Waals surface area contributed by atoms with Crippen molar-refractivity contribution in [1.82, 2.24) is 9.29 Å². The number of thiazole rings is 1. The summed E-state index contributed by atoms with van der Waals surface area (Å²) in [7, 11) is -2.02. The zero-order valence-corrected chi connectivity index (χ0v) is 21.2. The highest BCUT2D eigenvalue weighted by molar-refractivity contribution is 7.89. The highest BCUT2D eigenvalue weighted by atomic mass is 35.5. The number of benzene rings is 2. The summed E-state index contributed by atoms with van der Waals surface area (Å²) < 4.78 is 38.8. The topological polar surface area (TPSA) is 92.9 Å². The number of rotatable bonds is 7. The predicted octanol–water partition coefficient (Wildman–Crippen LogP) is 5.18. The van der Waals surface area contributed by atoms with Gasteiger partial charge in [-0.15, -0.1) is 0 Å². The second-order valence-corrected chi connectivity index (χ2v) is 11.4. The molecule has 182 valence electrons. The predicted molar refractivity (Wildman–Crippen MR) is 135 cm³/mol. The fourth-order valence-corrected chi connectivity index (χ4v) is 6.78. The van der Waals surface area contributed by atoms with E-state index in [9.17, 15) is 13.2 Å². The van der Waals surface area contributed by atoms with Crippen LogP contribution in [0.5, 0.6) is 5.75 Å². The third kappa shape index (κ3) is 4.54. The SMILES string of the molecule is COc1ccc(Cl)c2sc(N(Cc3ccco3)C(=O)c3ccc(S(=O)(=O)N4CCCC4)cc3)nc12. The Morgan fingerprint density at radius 2 is 1.91 bits per heavy atom. The van der Waals surface area contributed by atoms with Crippen molar-refractivity contribution >= 4 is 54.2 Å². The summed E-state index contributed by atoms with van der Waals surface area (Å²) in [5, 5.41) is 0.924. The van der Waals surface area contributed by atoms with Crippen LogP contribution in [0.25, 0.3) is 10.2 Å². The van der Waals surface area contributed by atoms with Crippen LogP contribution in [-0.2, 0) is 16.6 Å². The van der Waals surface area contributed by atoms with Gasteiger partial charge >= 0.3 is 0 Å². The Bertz CT molecular complexity index is 1460. The lowest BCUT2D eigenvalue weighted by Gasteiger charge is -2.19. The number of sulfonamides is 1. The van der Waals surface area contributed by atoms with Gasteiger partial charge < -0.3 is 9.15 Å². The molecule has 1 saturated heterocycles. The Morgan fingerprint density at radius 1 is 1.17 bits per heavy atom. The third-order valence-electron chi connectivity index (χ3n) is 5.84. The van der Waals surface area contributed by atoms with Crippen molar-refractivity contribution in [2.45, 2.75) is 24.3 Å². The molecule has 3 heterocycles. The standard InChI is InChI=1S/C24H22ClN3O5S2/c1-32-20-11-10-19(25)22-21(20)26-24(34-22)28(15-17-5-4-14-33-17)23(29)16-6-8-18(9-7-16)35(30,31)27-12-2-3-13-27/h4-11,14H,2-3,12-13,15H2,1H3. The third-order valence-corrected chi connectivity index (χ3v) is 9.29. The maximum atomic E-state index is 13.6. The van der Waals surface area contributed by atoms with E-state index in [4.69, 9.17) is 20.8 Å². The molecule has 1 fully saturated rings. The first kappa shape index (κ1) is 23.8. The Labute approximate surface area is 211 Å². The van der Waals surface area contributed by atoms with Gasteiger partial charge in [0, 0.05) is 18.7 Å². The number of carbonyl (C=O) groups excluding carboxylic acids is 1. The molecule has 0 saturated carbocycles. The number of hydrogen-bond acceptors (Lipinski definition) is 7. The molecule has 35 heavy (non-hydrogen) atoms. The van der Waals surface area contributed by atoms with Crippen molar-refractivity contribution in [3.05, 3.63) is 71.1 Å². The minimum absolute atomic E-state index is 0.138. The van der Waals surface area contributed by atoms with Gasteiger partial charge in [0.1, 0.15) is 17.0 Å². The van der Waals surface area contributed by atoms with E-state index in [-0.39, 0.29) is 17.3 Å². The average molecular weight is 532 g/mol. The van der Waals surface area contributed by atoms with Gasteiger partial charge in [-0.25, -0.2) is 13.4 Å². The van der Waals surface area contributed by atoms with E-state index in [1.165, 1.54) is 51.1 Å². The number of halogens is 1. The van der Waals surface area contributed by atoms with Gasteiger partial charge in [0.25, 0.3) is 5.91 Å². The van der Waals surface area contributed by atoms with Gasteiger partial charge in [-0.3, -0.25) is 9.69 Å². The first-order valence-electron chi connectivity index (χ1n) is 11.0. The highest BCUT2D eigenvalue weighted by Crippen LogP contribution is 2.39. The molecular weight excluding hydrogens is 510 g/mol. The van der Waals surface area contributed by atoms with Crippen molar-refractivity contribution < 1.29 is 22.4 Å². The van der Waals surface area contributed by atoms with Gasteiger partial charge in [0.2, 0.25) is 10.0 Å². The van der Waals surface area contributed by atoms with E-state index in [2.05, 4.69) is 4.98 Å². The summed E-state index contributed by atoms with van der Waals surface area (Å²) in [6.45, 7) is 1.17. The molecule has 0 N–H and O–H groups in total. The molecule has 5 rings (SSSR count). The van der Waals surface area contributed by atoms with Crippen molar-refractivity contribution in [3.8, 4) is 5.75 Å². The van der Waals surface area contributed by atoms with E-state index in [1.54, 1.807) is 31.4 Å². The number of aromatic nitrogens is 1. The van der Waals surface area contributed by atoms with Gasteiger partial charge in [-0.1, -0.05) is 22.9 Å². The minimum atomic E-state index is -3.57. The minimum Gasteiger partial charge on any atom is -0.494 e. The molecule has 4 aromatic rings. The Kier molecular flexibility index (Phi) is 6.54. The summed E-state index contributed by atoms with van der Waals surface area (Å²) in [6.07, 6.45) is 3.25. The number of amides is 1. The first-order chi connectivity index (χ1) is 16.9. The van der Waals surface area contributed by atoms with Crippen molar-refractivity contribution in [2.24, 2.45) is 0 Å². The molecule has 2 aromatic carbocycles. The van der Waals surface area contributed by atoms with Crippen molar-refractivity contribution in [2.75, 3.05) is 25.1 Å². The van der Waals surface area contributed by atoms with Gasteiger partial charge in [0.15, 0.2) is 5.13 Å². The number of ether oxygens (including phenoxy) is 1. The molecule has 0 radical (unpaired) electrons. The maximum Gasteiger partial charge on any atom is 0.260 e. The van der Waals surface area contributed by atoms with Crippen molar-refractivity contribution in [1.29, 1.82) is 0 Å². The molecule has 2 aromatic heterocycles. The number of fused-ring (bicyclic) bond motifs is 1. The van der Waals surface area contributed by atoms with Crippen LogP contribution in [0.4, 0.5) is 5.13 Å². The molecule has 1 aliphatic heterocycles. The van der Waals surface area contributed by atoms with Crippen LogP contribution in [0.15, 0.2) is 64.1 Å². The number of furan rings is 1. The van der Waals surface area contributed by atoms with E-state index >= 15 is 0 Å². The number of carbonyl (C=O) groups is 1. The molecule has 0 spiro atoms. The molecule has 0 unspecified atom stereocenters. The zero-order chi connectivity index (χ0) is 24.6. The van der Waals surface area contributed by atoms with E-state index in [0.29, 0.717) is 50.5 Å². The second kappa shape index (κ2) is 9.62. The molecule has 0 aliphatic carbocycles. The summed E-state index contributed by atoms with van der Waals surface area (Å²) in [5.74, 6) is 0.776. The normalized spacial score (nSPS) is 14.5. The van der Waals surface area contributed by atoms with Gasteiger partial charge in [-0.05, 0) is 61.4 Å².